The van der Waals surface area contributed by atoms with Crippen molar-refractivity contribution < 1.29 is 17.9 Å². The lowest BCUT2D eigenvalue weighted by atomic mass is 9.77. The number of nitrogens with zero attached hydrogens (tertiary/aromatic N) is 2. The SMILES string of the molecule is CC(Oc1ccc(C(C)(C)c2cc(Cl)c(OCCCl)c(C#N)c2)cc1)c1csc(S(C)(=O)=O)n1. The standard InChI is InChI=1S/C24H24Cl2N2O4S2/c1-15(21-14-33-23(28-21)34(4,29)30)32-19-7-5-17(6-8-19)24(2,3)18-11-16(13-27)22(20(26)12-18)31-10-9-25/h5-8,11-12,14-15H,9-10H2,1-4H3. The normalized spacial score (nSPS) is 12.7. The van der Waals surface area contributed by atoms with Crippen LogP contribution >= 0.6 is 34.5 Å². The van der Waals surface area contributed by atoms with Gasteiger partial charge >= 0.3 is 0 Å². The maximum atomic E-state index is 11.7. The largest absolute Gasteiger partial charge is 0.489 e. The van der Waals surface area contributed by atoms with Crippen LogP contribution in [0.5, 0.6) is 11.5 Å². The monoisotopic (exact) mass is 538 g/mol. The molecule has 34 heavy (non-hydrogen) atoms. The highest BCUT2D eigenvalue weighted by atomic mass is 35.5. The van der Waals surface area contributed by atoms with Gasteiger partial charge in [0, 0.05) is 17.1 Å². The lowest BCUT2D eigenvalue weighted by Crippen LogP contribution is -2.19. The Morgan fingerprint density at radius 2 is 1.88 bits per heavy atom. The molecule has 0 saturated heterocycles. The van der Waals surface area contributed by atoms with E-state index in [9.17, 15) is 13.7 Å². The number of nitriles is 1. The minimum absolute atomic E-state index is 0.0736. The van der Waals surface area contributed by atoms with E-state index in [2.05, 4.69) is 11.1 Å². The zero-order valence-corrected chi connectivity index (χ0v) is 22.3. The van der Waals surface area contributed by atoms with Gasteiger partial charge in [0.15, 0.2) is 5.75 Å². The molecule has 0 radical (unpaired) electrons. The number of alkyl halides is 1. The minimum Gasteiger partial charge on any atom is -0.489 e. The van der Waals surface area contributed by atoms with Gasteiger partial charge in [-0.25, -0.2) is 13.4 Å². The Balaban J connectivity index is 1.81. The van der Waals surface area contributed by atoms with Gasteiger partial charge in [0.1, 0.15) is 24.5 Å². The van der Waals surface area contributed by atoms with Crippen molar-refractivity contribution in [3.63, 3.8) is 0 Å². The maximum absolute atomic E-state index is 11.7. The fourth-order valence-electron chi connectivity index (χ4n) is 3.33. The van der Waals surface area contributed by atoms with E-state index in [4.69, 9.17) is 32.7 Å². The lowest BCUT2D eigenvalue weighted by molar-refractivity contribution is 0.222. The first-order valence-corrected chi connectivity index (χ1v) is 14.0. The maximum Gasteiger partial charge on any atom is 0.209 e. The fourth-order valence-corrected chi connectivity index (χ4v) is 5.42. The Kier molecular flexibility index (Phi) is 8.14. The van der Waals surface area contributed by atoms with Crippen LogP contribution in [0.2, 0.25) is 5.02 Å². The molecule has 1 aromatic heterocycles. The summed E-state index contributed by atoms with van der Waals surface area (Å²) in [4.78, 5) is 4.17. The zero-order chi connectivity index (χ0) is 25.1. The van der Waals surface area contributed by atoms with Crippen molar-refractivity contribution in [2.24, 2.45) is 0 Å². The van der Waals surface area contributed by atoms with Gasteiger partial charge in [0.2, 0.25) is 14.2 Å². The number of hydrogen-bond donors (Lipinski definition) is 0. The molecule has 0 fully saturated rings. The highest BCUT2D eigenvalue weighted by Crippen LogP contribution is 2.39. The number of sulfone groups is 1. The molecule has 1 atom stereocenters. The molecule has 0 bridgehead atoms. The number of hydrogen-bond acceptors (Lipinski definition) is 7. The van der Waals surface area contributed by atoms with Crippen LogP contribution in [-0.4, -0.2) is 32.1 Å². The van der Waals surface area contributed by atoms with Crippen molar-refractivity contribution in [2.45, 2.75) is 36.6 Å². The van der Waals surface area contributed by atoms with Crippen molar-refractivity contribution in [2.75, 3.05) is 18.7 Å². The number of rotatable bonds is 9. The predicted octanol–water partition coefficient (Wildman–Crippen LogP) is 6.16. The van der Waals surface area contributed by atoms with Crippen LogP contribution in [0.1, 0.15) is 49.3 Å². The molecule has 0 amide bonds. The van der Waals surface area contributed by atoms with E-state index in [0.717, 1.165) is 28.7 Å². The molecule has 0 aliphatic heterocycles. The number of halogens is 2. The fraction of sp³-hybridized carbons (Fsp3) is 0.333. The van der Waals surface area contributed by atoms with Crippen LogP contribution in [0.3, 0.4) is 0 Å². The number of thiazole rings is 1. The Hall–Kier alpha value is -2.31. The van der Waals surface area contributed by atoms with E-state index in [1.54, 1.807) is 17.5 Å². The molecule has 1 unspecified atom stereocenters. The van der Waals surface area contributed by atoms with Gasteiger partial charge < -0.3 is 9.47 Å². The van der Waals surface area contributed by atoms with Crippen molar-refractivity contribution >= 4 is 44.4 Å². The molecule has 0 aliphatic rings. The predicted molar refractivity (Wildman–Crippen MR) is 135 cm³/mol. The molecule has 0 saturated carbocycles. The number of aromatic nitrogens is 1. The highest BCUT2D eigenvalue weighted by molar-refractivity contribution is 7.92. The molecule has 180 valence electrons. The van der Waals surface area contributed by atoms with E-state index in [1.165, 1.54) is 0 Å². The molecular weight excluding hydrogens is 515 g/mol. The summed E-state index contributed by atoms with van der Waals surface area (Å²) in [5, 5.41) is 11.6. The first-order valence-electron chi connectivity index (χ1n) is 10.3. The van der Waals surface area contributed by atoms with Gasteiger partial charge in [0.25, 0.3) is 0 Å². The second-order valence-electron chi connectivity index (χ2n) is 8.20. The quantitative estimate of drug-likeness (QED) is 0.303. The summed E-state index contributed by atoms with van der Waals surface area (Å²) in [5.41, 5.74) is 2.32. The second-order valence-corrected chi connectivity index (χ2v) is 12.0. The van der Waals surface area contributed by atoms with Crippen molar-refractivity contribution in [3.05, 3.63) is 69.2 Å². The van der Waals surface area contributed by atoms with Crippen LogP contribution in [0.4, 0.5) is 0 Å². The molecule has 10 heteroatoms. The van der Waals surface area contributed by atoms with Gasteiger partial charge in [0.05, 0.1) is 22.2 Å². The number of ether oxygens (including phenoxy) is 2. The van der Waals surface area contributed by atoms with Gasteiger partial charge in [-0.3, -0.25) is 0 Å². The topological polar surface area (TPSA) is 89.3 Å². The van der Waals surface area contributed by atoms with E-state index >= 15 is 0 Å². The molecule has 0 aliphatic carbocycles. The lowest BCUT2D eigenvalue weighted by Gasteiger charge is -2.27. The van der Waals surface area contributed by atoms with Crippen LogP contribution in [0.25, 0.3) is 0 Å². The average Bonchev–Trinajstić information content (AvgIpc) is 3.29. The summed E-state index contributed by atoms with van der Waals surface area (Å²) in [7, 11) is -3.34. The molecule has 1 heterocycles. The summed E-state index contributed by atoms with van der Waals surface area (Å²) >= 11 is 13.2. The number of benzene rings is 2. The molecule has 0 spiro atoms. The van der Waals surface area contributed by atoms with E-state index in [0.29, 0.717) is 33.7 Å². The first kappa shape index (κ1) is 26.3. The summed E-state index contributed by atoms with van der Waals surface area (Å²) in [6.45, 7) is 6.16. The van der Waals surface area contributed by atoms with Crippen LogP contribution < -0.4 is 9.47 Å². The summed E-state index contributed by atoms with van der Waals surface area (Å²) in [6.07, 6.45) is 0.720. The van der Waals surface area contributed by atoms with Crippen molar-refractivity contribution in [3.8, 4) is 17.6 Å². The van der Waals surface area contributed by atoms with Crippen LogP contribution in [0, 0.1) is 11.3 Å². The van der Waals surface area contributed by atoms with Gasteiger partial charge in [-0.05, 0) is 42.3 Å². The third kappa shape index (κ3) is 5.84. The van der Waals surface area contributed by atoms with Crippen LogP contribution in [0.15, 0.2) is 46.1 Å². The smallest absolute Gasteiger partial charge is 0.209 e. The molecule has 3 aromatic rings. The van der Waals surface area contributed by atoms with Crippen LogP contribution in [-0.2, 0) is 15.3 Å². The molecular formula is C24H24Cl2N2O4S2. The molecule has 3 rings (SSSR count). The highest BCUT2D eigenvalue weighted by Gasteiger charge is 2.26. The Morgan fingerprint density at radius 1 is 1.21 bits per heavy atom. The third-order valence-corrected chi connectivity index (χ3v) is 8.34. The van der Waals surface area contributed by atoms with E-state index < -0.39 is 21.4 Å². The first-order chi connectivity index (χ1) is 16.0. The van der Waals surface area contributed by atoms with Crippen molar-refractivity contribution in [1.82, 2.24) is 4.98 Å². The molecule has 6 nitrogen and oxygen atoms in total. The van der Waals surface area contributed by atoms with Gasteiger partial charge in [-0.15, -0.1) is 22.9 Å². The Bertz CT molecular complexity index is 1310. The summed E-state index contributed by atoms with van der Waals surface area (Å²) < 4.78 is 34.9. The average molecular weight is 540 g/mol. The van der Waals surface area contributed by atoms with E-state index in [-0.39, 0.29) is 10.9 Å². The zero-order valence-electron chi connectivity index (χ0n) is 19.1. The molecule has 0 N–H and O–H groups in total. The summed E-state index contributed by atoms with van der Waals surface area (Å²) in [6, 6.07) is 13.3. The third-order valence-electron chi connectivity index (χ3n) is 5.33. The Morgan fingerprint density at radius 3 is 2.44 bits per heavy atom. The van der Waals surface area contributed by atoms with Gasteiger partial charge in [-0.2, -0.15) is 5.26 Å². The van der Waals surface area contributed by atoms with E-state index in [1.807, 2.05) is 45.0 Å². The van der Waals surface area contributed by atoms with Crippen molar-refractivity contribution in [1.29, 1.82) is 5.26 Å². The Labute approximate surface area is 214 Å². The minimum atomic E-state index is -3.34. The summed E-state index contributed by atoms with van der Waals surface area (Å²) in [5.74, 6) is 1.26. The molecule has 2 aromatic carbocycles. The second kappa shape index (κ2) is 10.5. The van der Waals surface area contributed by atoms with Gasteiger partial charge in [-0.1, -0.05) is 37.6 Å².